The summed E-state index contributed by atoms with van der Waals surface area (Å²) in [5, 5.41) is 7.25. The minimum absolute atomic E-state index is 0.133. The van der Waals surface area contributed by atoms with Crippen molar-refractivity contribution in [3.05, 3.63) is 29.3 Å². The molecule has 0 saturated carbocycles. The van der Waals surface area contributed by atoms with E-state index >= 15 is 0 Å². The van der Waals surface area contributed by atoms with Crippen LogP contribution >= 0.6 is 0 Å². The summed E-state index contributed by atoms with van der Waals surface area (Å²) in [6.45, 7) is 0.915. The molecule has 0 spiro atoms. The third kappa shape index (κ3) is 4.62. The molecule has 0 aliphatic heterocycles. The van der Waals surface area contributed by atoms with Crippen LogP contribution in [0.25, 0.3) is 0 Å². The first-order chi connectivity index (χ1) is 8.29. The number of benzene rings is 1. The fourth-order valence-electron chi connectivity index (χ4n) is 1.23. The molecule has 0 radical (unpaired) electrons. The van der Waals surface area contributed by atoms with Gasteiger partial charge in [0.2, 0.25) is 0 Å². The van der Waals surface area contributed by atoms with E-state index in [1.54, 1.807) is 19.1 Å². The van der Waals surface area contributed by atoms with Gasteiger partial charge in [-0.15, -0.1) is 13.2 Å². The molecular weight excluding hydrogens is 249 g/mol. The second-order valence-corrected chi connectivity index (χ2v) is 3.54. The molecule has 0 fully saturated rings. The highest BCUT2D eigenvalue weighted by atomic mass is 19.4. The largest absolute Gasteiger partial charge is 0.522 e. The molecule has 0 heterocycles. The van der Waals surface area contributed by atoms with Gasteiger partial charge in [-0.25, -0.2) is 0 Å². The van der Waals surface area contributed by atoms with Crippen LogP contribution in [0, 0.1) is 12.3 Å². The van der Waals surface area contributed by atoms with Crippen molar-refractivity contribution in [2.75, 3.05) is 13.2 Å². The number of hydrogen-bond donors (Lipinski definition) is 2. The van der Waals surface area contributed by atoms with Gasteiger partial charge in [0.25, 0.3) is 0 Å². The molecule has 1 aromatic carbocycles. The summed E-state index contributed by atoms with van der Waals surface area (Å²) in [6, 6.07) is 4.82. The quantitative estimate of drug-likeness (QED) is 0.485. The zero-order chi connectivity index (χ0) is 13.8. The normalized spacial score (nSPS) is 11.3. The van der Waals surface area contributed by atoms with Gasteiger partial charge in [0.1, 0.15) is 18.2 Å². The van der Waals surface area contributed by atoms with Crippen molar-refractivity contribution >= 4 is 5.84 Å². The van der Waals surface area contributed by atoms with Crippen molar-refractivity contribution < 1.29 is 22.6 Å². The summed E-state index contributed by atoms with van der Waals surface area (Å²) in [5.41, 5.74) is 6.49. The Bertz CT molecular complexity index is 433. The molecule has 3 N–H and O–H groups in total. The molecular formula is C11H13F3N2O2. The first-order valence-electron chi connectivity index (χ1n) is 5.08. The Morgan fingerprint density at radius 2 is 2.00 bits per heavy atom. The van der Waals surface area contributed by atoms with Gasteiger partial charge in [-0.3, -0.25) is 10.1 Å². The van der Waals surface area contributed by atoms with E-state index in [1.165, 1.54) is 6.07 Å². The van der Waals surface area contributed by atoms with Crippen molar-refractivity contribution in [2.24, 2.45) is 5.73 Å². The van der Waals surface area contributed by atoms with E-state index in [2.05, 4.69) is 4.74 Å². The number of halogens is 3. The molecule has 0 aliphatic carbocycles. The fraction of sp³-hybridized carbons (Fsp3) is 0.364. The molecule has 18 heavy (non-hydrogen) atoms. The number of rotatable bonds is 5. The molecule has 0 saturated heterocycles. The smallest absolute Gasteiger partial charge is 0.491 e. The summed E-state index contributed by atoms with van der Waals surface area (Å²) in [5.74, 6) is 0.250. The molecule has 7 heteroatoms. The molecule has 1 aromatic rings. The van der Waals surface area contributed by atoms with Crippen LogP contribution in [0.3, 0.4) is 0 Å². The van der Waals surface area contributed by atoms with Gasteiger partial charge in [-0.05, 0) is 18.6 Å². The van der Waals surface area contributed by atoms with Gasteiger partial charge in [-0.2, -0.15) is 0 Å². The summed E-state index contributed by atoms with van der Waals surface area (Å²) < 4.78 is 43.8. The third-order valence-electron chi connectivity index (χ3n) is 2.11. The zero-order valence-electron chi connectivity index (χ0n) is 9.67. The van der Waals surface area contributed by atoms with E-state index in [9.17, 15) is 13.2 Å². The van der Waals surface area contributed by atoms with Gasteiger partial charge in [0.05, 0.1) is 6.61 Å². The van der Waals surface area contributed by atoms with Gasteiger partial charge < -0.3 is 10.5 Å². The Morgan fingerprint density at radius 3 is 2.56 bits per heavy atom. The van der Waals surface area contributed by atoms with Crippen LogP contribution in [0.5, 0.6) is 5.75 Å². The van der Waals surface area contributed by atoms with E-state index < -0.39 is 13.0 Å². The molecule has 1 rings (SSSR count). The standard InChI is InChI=1S/C11H13F3N2O2/c1-7-2-3-8(10(15)16)6-9(7)17-4-5-18-11(12,13)14/h2-3,6H,4-5H2,1H3,(H3,15,16). The number of hydrogen-bond acceptors (Lipinski definition) is 3. The monoisotopic (exact) mass is 262 g/mol. The molecule has 100 valence electrons. The van der Waals surface area contributed by atoms with Crippen LogP contribution in [-0.4, -0.2) is 25.4 Å². The lowest BCUT2D eigenvalue weighted by atomic mass is 10.1. The van der Waals surface area contributed by atoms with Crippen LogP contribution in [0.2, 0.25) is 0 Å². The van der Waals surface area contributed by atoms with Gasteiger partial charge in [0, 0.05) is 5.56 Å². The average molecular weight is 262 g/mol. The van der Waals surface area contributed by atoms with E-state index in [1.807, 2.05) is 0 Å². The average Bonchev–Trinajstić information content (AvgIpc) is 2.24. The molecule has 0 atom stereocenters. The van der Waals surface area contributed by atoms with E-state index in [4.69, 9.17) is 15.9 Å². The van der Waals surface area contributed by atoms with E-state index in [-0.39, 0.29) is 12.4 Å². The predicted molar refractivity (Wildman–Crippen MR) is 59.7 cm³/mol. The van der Waals surface area contributed by atoms with Crippen molar-refractivity contribution in [2.45, 2.75) is 13.3 Å². The second kappa shape index (κ2) is 5.72. The first-order valence-corrected chi connectivity index (χ1v) is 5.08. The van der Waals surface area contributed by atoms with Crippen molar-refractivity contribution in [1.82, 2.24) is 0 Å². The fourth-order valence-corrected chi connectivity index (χ4v) is 1.23. The van der Waals surface area contributed by atoms with E-state index in [0.29, 0.717) is 11.3 Å². The highest BCUT2D eigenvalue weighted by Crippen LogP contribution is 2.20. The number of nitrogens with one attached hydrogen (secondary N) is 1. The number of nitrogen functional groups attached to an aromatic ring is 1. The zero-order valence-corrected chi connectivity index (χ0v) is 9.67. The summed E-state index contributed by atoms with van der Waals surface area (Å²) >= 11 is 0. The topological polar surface area (TPSA) is 68.3 Å². The Morgan fingerprint density at radius 1 is 1.33 bits per heavy atom. The Kier molecular flexibility index (Phi) is 4.55. The highest BCUT2D eigenvalue weighted by molar-refractivity contribution is 5.95. The minimum Gasteiger partial charge on any atom is -0.491 e. The Labute approximate surface area is 102 Å². The summed E-state index contributed by atoms with van der Waals surface area (Å²) in [6.07, 6.45) is -4.65. The maximum absolute atomic E-state index is 11.7. The molecule has 0 bridgehead atoms. The Hall–Kier alpha value is -1.76. The Balaban J connectivity index is 2.56. The van der Waals surface area contributed by atoms with Crippen molar-refractivity contribution in [1.29, 1.82) is 5.41 Å². The van der Waals surface area contributed by atoms with Crippen LogP contribution < -0.4 is 10.5 Å². The summed E-state index contributed by atoms with van der Waals surface area (Å²) in [4.78, 5) is 0. The highest BCUT2D eigenvalue weighted by Gasteiger charge is 2.28. The number of ether oxygens (including phenoxy) is 2. The van der Waals surface area contributed by atoms with Gasteiger partial charge >= 0.3 is 6.36 Å². The first kappa shape index (κ1) is 14.3. The van der Waals surface area contributed by atoms with Gasteiger partial charge in [0.15, 0.2) is 0 Å². The van der Waals surface area contributed by atoms with Crippen LogP contribution in [0.15, 0.2) is 18.2 Å². The minimum atomic E-state index is -4.65. The summed E-state index contributed by atoms with van der Waals surface area (Å²) in [7, 11) is 0. The molecule has 0 unspecified atom stereocenters. The van der Waals surface area contributed by atoms with Crippen LogP contribution in [0.1, 0.15) is 11.1 Å². The molecule has 0 aliphatic rings. The van der Waals surface area contributed by atoms with Crippen LogP contribution in [0.4, 0.5) is 13.2 Å². The lowest BCUT2D eigenvalue weighted by Crippen LogP contribution is -2.18. The SMILES string of the molecule is Cc1ccc(C(=N)N)cc1OCCOC(F)(F)F. The maximum atomic E-state index is 11.7. The molecule has 0 aromatic heterocycles. The van der Waals surface area contributed by atoms with Gasteiger partial charge in [-0.1, -0.05) is 12.1 Å². The van der Waals surface area contributed by atoms with Crippen LogP contribution in [-0.2, 0) is 4.74 Å². The second-order valence-electron chi connectivity index (χ2n) is 3.54. The lowest BCUT2D eigenvalue weighted by molar-refractivity contribution is -0.325. The molecule has 4 nitrogen and oxygen atoms in total. The number of alkyl halides is 3. The molecule has 0 amide bonds. The third-order valence-corrected chi connectivity index (χ3v) is 2.11. The maximum Gasteiger partial charge on any atom is 0.522 e. The number of nitrogens with two attached hydrogens (primary N) is 1. The number of amidine groups is 1. The van der Waals surface area contributed by atoms with E-state index in [0.717, 1.165) is 5.56 Å². The number of aryl methyl sites for hydroxylation is 1. The predicted octanol–water partition coefficient (Wildman–Crippen LogP) is 2.19. The lowest BCUT2D eigenvalue weighted by Gasteiger charge is -2.11. The van der Waals surface area contributed by atoms with Crippen molar-refractivity contribution in [3.63, 3.8) is 0 Å². The van der Waals surface area contributed by atoms with Crippen molar-refractivity contribution in [3.8, 4) is 5.75 Å².